The van der Waals surface area contributed by atoms with Crippen LogP contribution in [-0.4, -0.2) is 22.1 Å². The molecule has 0 unspecified atom stereocenters. The lowest BCUT2D eigenvalue weighted by Crippen LogP contribution is -2.33. The molecule has 1 aliphatic carbocycles. The van der Waals surface area contributed by atoms with Gasteiger partial charge in [-0.25, -0.2) is 0 Å². The van der Waals surface area contributed by atoms with E-state index in [9.17, 15) is 0 Å². The first kappa shape index (κ1) is 7.53. The predicted octanol–water partition coefficient (Wildman–Crippen LogP) is 1.62. The maximum Gasteiger partial charge on any atom is 0.445 e. The van der Waals surface area contributed by atoms with Crippen LogP contribution in [0.4, 0.5) is 0 Å². The van der Waals surface area contributed by atoms with Crippen molar-refractivity contribution in [1.29, 1.82) is 0 Å². The Kier molecular flexibility index (Phi) is 2.16. The zero-order valence-electron chi connectivity index (χ0n) is 5.69. The molecule has 2 nitrogen and oxygen atoms in total. The molecule has 0 N–H and O–H groups in total. The topological polar surface area (TPSA) is 18.5 Å². The molecule has 1 fully saturated rings. The fraction of sp³-hybridized carbons (Fsp3) is 1.00. The SMILES string of the molecule is CO[Si](Cl)(OC)C1CC1. The molecule has 0 aromatic carbocycles. The molecule has 0 heterocycles. The minimum Gasteiger partial charge on any atom is -0.386 e. The number of halogens is 1. The first-order valence-corrected chi connectivity index (χ1v) is 5.92. The summed E-state index contributed by atoms with van der Waals surface area (Å²) in [7, 11) is 1.06. The van der Waals surface area contributed by atoms with Gasteiger partial charge in [0.25, 0.3) is 0 Å². The first-order chi connectivity index (χ1) is 4.23. The van der Waals surface area contributed by atoms with E-state index in [-0.39, 0.29) is 0 Å². The minimum atomic E-state index is -2.19. The molecule has 0 saturated heterocycles. The van der Waals surface area contributed by atoms with Crippen LogP contribution in [0.2, 0.25) is 5.54 Å². The fourth-order valence-corrected chi connectivity index (χ4v) is 3.19. The van der Waals surface area contributed by atoms with Gasteiger partial charge in [-0.1, -0.05) is 11.1 Å². The average Bonchev–Trinajstić information content (AvgIpc) is 2.68. The van der Waals surface area contributed by atoms with Crippen LogP contribution in [0.25, 0.3) is 0 Å². The largest absolute Gasteiger partial charge is 0.445 e. The Morgan fingerprint density at radius 3 is 1.89 bits per heavy atom. The second kappa shape index (κ2) is 2.58. The molecule has 9 heavy (non-hydrogen) atoms. The van der Waals surface area contributed by atoms with Crippen molar-refractivity contribution in [2.45, 2.75) is 18.4 Å². The molecule has 1 saturated carbocycles. The van der Waals surface area contributed by atoms with Crippen LogP contribution >= 0.6 is 11.1 Å². The van der Waals surface area contributed by atoms with E-state index in [0.717, 1.165) is 0 Å². The Hall–Kier alpha value is 0.427. The Bertz CT molecular complexity index is 101. The molecule has 0 radical (unpaired) electrons. The molecule has 0 spiro atoms. The van der Waals surface area contributed by atoms with Crippen molar-refractivity contribution >= 4 is 18.9 Å². The Labute approximate surface area is 61.1 Å². The quantitative estimate of drug-likeness (QED) is 0.469. The van der Waals surface area contributed by atoms with Gasteiger partial charge in [-0.3, -0.25) is 0 Å². The first-order valence-electron chi connectivity index (χ1n) is 3.02. The summed E-state index contributed by atoms with van der Waals surface area (Å²) in [6, 6.07) is 0. The van der Waals surface area contributed by atoms with Crippen molar-refractivity contribution < 1.29 is 8.85 Å². The van der Waals surface area contributed by atoms with Crippen LogP contribution in [0, 0.1) is 0 Å². The van der Waals surface area contributed by atoms with Gasteiger partial charge in [0.1, 0.15) is 0 Å². The summed E-state index contributed by atoms with van der Waals surface area (Å²) in [5, 5.41) is 0. The molecular formula is C5H11ClO2Si. The summed E-state index contributed by atoms with van der Waals surface area (Å²) >= 11 is 6.00. The molecule has 0 atom stereocenters. The van der Waals surface area contributed by atoms with Gasteiger partial charge in [-0.2, -0.15) is 0 Å². The summed E-state index contributed by atoms with van der Waals surface area (Å²) in [5.74, 6) is 0. The third-order valence-corrected chi connectivity index (χ3v) is 6.14. The average molecular weight is 167 g/mol. The van der Waals surface area contributed by atoms with E-state index in [1.807, 2.05) is 0 Å². The van der Waals surface area contributed by atoms with Crippen molar-refractivity contribution in [2.75, 3.05) is 14.2 Å². The van der Waals surface area contributed by atoms with Crippen LogP contribution in [0.3, 0.4) is 0 Å². The predicted molar refractivity (Wildman–Crippen MR) is 38.6 cm³/mol. The molecule has 1 aliphatic rings. The molecule has 0 bridgehead atoms. The lowest BCUT2D eigenvalue weighted by atomic mass is 11.0. The van der Waals surface area contributed by atoms with E-state index >= 15 is 0 Å². The van der Waals surface area contributed by atoms with Crippen LogP contribution in [0.1, 0.15) is 12.8 Å². The van der Waals surface area contributed by atoms with Gasteiger partial charge in [0, 0.05) is 19.8 Å². The standard InChI is InChI=1S/C5H11ClO2Si/c1-7-9(6,8-2)5-3-4-5/h5H,3-4H2,1-2H3. The smallest absolute Gasteiger partial charge is 0.386 e. The van der Waals surface area contributed by atoms with Crippen LogP contribution in [-0.2, 0) is 8.85 Å². The maximum atomic E-state index is 6.00. The summed E-state index contributed by atoms with van der Waals surface area (Å²) < 4.78 is 10.2. The van der Waals surface area contributed by atoms with Crippen molar-refractivity contribution in [3.63, 3.8) is 0 Å². The Morgan fingerprint density at radius 1 is 1.33 bits per heavy atom. The zero-order valence-corrected chi connectivity index (χ0v) is 7.44. The second-order valence-electron chi connectivity index (χ2n) is 2.26. The Balaban J connectivity index is 2.43. The molecule has 0 aromatic heterocycles. The highest BCUT2D eigenvalue weighted by Crippen LogP contribution is 2.47. The number of hydrogen-bond acceptors (Lipinski definition) is 2. The van der Waals surface area contributed by atoms with Gasteiger partial charge in [0.15, 0.2) is 0 Å². The lowest BCUT2D eigenvalue weighted by molar-refractivity contribution is 0.264. The van der Waals surface area contributed by atoms with Crippen molar-refractivity contribution in [1.82, 2.24) is 0 Å². The third kappa shape index (κ3) is 1.46. The summed E-state index contributed by atoms with van der Waals surface area (Å²) in [5.41, 5.74) is 0.536. The van der Waals surface area contributed by atoms with Crippen LogP contribution in [0.5, 0.6) is 0 Å². The zero-order chi connectivity index (χ0) is 6.91. The highest BCUT2D eigenvalue weighted by Gasteiger charge is 2.50. The lowest BCUT2D eigenvalue weighted by Gasteiger charge is -2.18. The van der Waals surface area contributed by atoms with Gasteiger partial charge in [0.2, 0.25) is 0 Å². The summed E-state index contributed by atoms with van der Waals surface area (Å²) in [6.07, 6.45) is 2.36. The summed E-state index contributed by atoms with van der Waals surface area (Å²) in [4.78, 5) is 0. The molecule has 1 rings (SSSR count). The fourth-order valence-electron chi connectivity index (χ4n) is 0.845. The van der Waals surface area contributed by atoms with E-state index in [1.165, 1.54) is 12.8 Å². The van der Waals surface area contributed by atoms with Gasteiger partial charge < -0.3 is 8.85 Å². The van der Waals surface area contributed by atoms with E-state index < -0.39 is 7.87 Å². The molecule has 4 heteroatoms. The molecule has 0 aliphatic heterocycles. The van der Waals surface area contributed by atoms with Gasteiger partial charge in [0.05, 0.1) is 0 Å². The highest BCUT2D eigenvalue weighted by molar-refractivity contribution is 7.14. The van der Waals surface area contributed by atoms with Crippen molar-refractivity contribution in [3.8, 4) is 0 Å². The molecule has 0 aromatic rings. The van der Waals surface area contributed by atoms with Gasteiger partial charge >= 0.3 is 7.87 Å². The molecule has 54 valence electrons. The summed E-state index contributed by atoms with van der Waals surface area (Å²) in [6.45, 7) is 0. The Morgan fingerprint density at radius 2 is 1.78 bits per heavy atom. The van der Waals surface area contributed by atoms with Gasteiger partial charge in [-0.05, 0) is 12.8 Å². The maximum absolute atomic E-state index is 6.00. The molecular weight excluding hydrogens is 156 g/mol. The normalized spacial score (nSPS) is 20.3. The van der Waals surface area contributed by atoms with E-state index in [0.29, 0.717) is 5.54 Å². The van der Waals surface area contributed by atoms with E-state index in [2.05, 4.69) is 0 Å². The van der Waals surface area contributed by atoms with Crippen molar-refractivity contribution in [2.24, 2.45) is 0 Å². The van der Waals surface area contributed by atoms with Crippen LogP contribution < -0.4 is 0 Å². The van der Waals surface area contributed by atoms with E-state index in [4.69, 9.17) is 19.9 Å². The van der Waals surface area contributed by atoms with Gasteiger partial charge in [-0.15, -0.1) is 0 Å². The minimum absolute atomic E-state index is 0.536. The third-order valence-electron chi connectivity index (χ3n) is 1.62. The number of rotatable bonds is 3. The monoisotopic (exact) mass is 166 g/mol. The highest BCUT2D eigenvalue weighted by atomic mass is 35.6. The van der Waals surface area contributed by atoms with Crippen molar-refractivity contribution in [3.05, 3.63) is 0 Å². The number of hydrogen-bond donors (Lipinski definition) is 0. The van der Waals surface area contributed by atoms with Crippen LogP contribution in [0.15, 0.2) is 0 Å². The second-order valence-corrected chi connectivity index (χ2v) is 6.64. The molecule has 0 amide bonds. The van der Waals surface area contributed by atoms with E-state index in [1.54, 1.807) is 14.2 Å².